The first-order chi connectivity index (χ1) is 8.58. The minimum atomic E-state index is -0.0368. The van der Waals surface area contributed by atoms with Crippen LogP contribution in [0.25, 0.3) is 0 Å². The molecular weight excluding hydrogens is 250 g/mol. The monoisotopic (exact) mass is 269 g/mol. The van der Waals surface area contributed by atoms with Crippen molar-refractivity contribution < 1.29 is 4.79 Å². The molecule has 0 heterocycles. The highest BCUT2D eigenvalue weighted by Crippen LogP contribution is 2.25. The molecule has 2 N–H and O–H groups in total. The molecule has 0 saturated carbocycles. The van der Waals surface area contributed by atoms with Crippen molar-refractivity contribution in [3.63, 3.8) is 0 Å². The van der Waals surface area contributed by atoms with Crippen LogP contribution in [0.2, 0.25) is 5.02 Å². The number of hydrogen-bond acceptors (Lipinski definition) is 3. The summed E-state index contributed by atoms with van der Waals surface area (Å²) in [5, 5.41) is 6.50. The van der Waals surface area contributed by atoms with Gasteiger partial charge in [0, 0.05) is 20.6 Å². The molecule has 0 aliphatic carbocycles. The van der Waals surface area contributed by atoms with E-state index in [1.807, 2.05) is 30.1 Å². The Bertz CT molecular complexity index is 409. The predicted molar refractivity (Wildman–Crippen MR) is 76.2 cm³/mol. The fraction of sp³-hybridized carbons (Fsp3) is 0.462. The number of anilines is 1. The number of nitrogens with one attached hydrogen (secondary N) is 2. The van der Waals surface area contributed by atoms with Crippen LogP contribution >= 0.6 is 11.6 Å². The summed E-state index contributed by atoms with van der Waals surface area (Å²) in [7, 11) is 3.47. The summed E-state index contributed by atoms with van der Waals surface area (Å²) in [6, 6.07) is 5.89. The third kappa shape index (κ3) is 4.20. The number of halogens is 1. The maximum Gasteiger partial charge on any atom is 0.239 e. The van der Waals surface area contributed by atoms with Crippen molar-refractivity contribution in [1.29, 1.82) is 0 Å². The molecule has 0 spiro atoms. The molecule has 0 atom stereocenters. The van der Waals surface area contributed by atoms with Gasteiger partial charge in [-0.1, -0.05) is 24.6 Å². The molecule has 0 saturated heterocycles. The normalized spacial score (nSPS) is 10.2. The van der Waals surface area contributed by atoms with E-state index in [1.165, 1.54) is 0 Å². The first-order valence-corrected chi connectivity index (χ1v) is 6.37. The van der Waals surface area contributed by atoms with Crippen LogP contribution in [0.15, 0.2) is 18.2 Å². The number of benzene rings is 1. The fourth-order valence-electron chi connectivity index (χ4n) is 1.62. The Hall–Kier alpha value is -1.26. The van der Waals surface area contributed by atoms with Crippen molar-refractivity contribution in [3.05, 3.63) is 28.8 Å². The van der Waals surface area contributed by atoms with Gasteiger partial charge in [0.2, 0.25) is 5.91 Å². The Morgan fingerprint density at radius 3 is 2.72 bits per heavy atom. The standard InChI is InChI=1S/C13H20ClN3O/c1-4-16-8-10-5-6-12(11(14)7-10)17(3)9-13(18)15-2/h5-7,16H,4,8-9H2,1-3H3,(H,15,18). The van der Waals surface area contributed by atoms with Crippen molar-refractivity contribution in [2.45, 2.75) is 13.5 Å². The van der Waals surface area contributed by atoms with Crippen LogP contribution in [0.5, 0.6) is 0 Å². The summed E-state index contributed by atoms with van der Waals surface area (Å²) < 4.78 is 0. The summed E-state index contributed by atoms with van der Waals surface area (Å²) in [5.74, 6) is -0.0368. The molecule has 1 aromatic carbocycles. The van der Waals surface area contributed by atoms with Gasteiger partial charge in [-0.05, 0) is 24.2 Å². The van der Waals surface area contributed by atoms with E-state index in [2.05, 4.69) is 17.6 Å². The van der Waals surface area contributed by atoms with Crippen molar-refractivity contribution >= 4 is 23.2 Å². The van der Waals surface area contributed by atoms with Gasteiger partial charge in [-0.25, -0.2) is 0 Å². The number of carbonyl (C=O) groups is 1. The van der Waals surface area contributed by atoms with Gasteiger partial charge in [0.05, 0.1) is 17.3 Å². The number of hydrogen-bond donors (Lipinski definition) is 2. The molecule has 100 valence electrons. The van der Waals surface area contributed by atoms with E-state index in [0.29, 0.717) is 11.6 Å². The Kier molecular flexibility index (Phi) is 5.95. The van der Waals surface area contributed by atoms with Gasteiger partial charge in [0.1, 0.15) is 0 Å². The largest absolute Gasteiger partial charge is 0.364 e. The molecule has 5 heteroatoms. The van der Waals surface area contributed by atoms with Gasteiger partial charge < -0.3 is 15.5 Å². The summed E-state index contributed by atoms with van der Waals surface area (Å²) in [5.41, 5.74) is 2.00. The zero-order valence-electron chi connectivity index (χ0n) is 11.1. The molecule has 1 amide bonds. The van der Waals surface area contributed by atoms with Gasteiger partial charge in [-0.15, -0.1) is 0 Å². The minimum Gasteiger partial charge on any atom is -0.364 e. The van der Waals surface area contributed by atoms with Crippen LogP contribution in [0.1, 0.15) is 12.5 Å². The number of rotatable bonds is 6. The lowest BCUT2D eigenvalue weighted by atomic mass is 10.2. The SMILES string of the molecule is CCNCc1ccc(N(C)CC(=O)NC)c(Cl)c1. The molecule has 1 rings (SSSR count). The highest BCUT2D eigenvalue weighted by molar-refractivity contribution is 6.33. The average Bonchev–Trinajstić information content (AvgIpc) is 2.36. The summed E-state index contributed by atoms with van der Waals surface area (Å²) >= 11 is 6.23. The smallest absolute Gasteiger partial charge is 0.239 e. The second-order valence-electron chi connectivity index (χ2n) is 4.10. The molecule has 0 radical (unpaired) electrons. The second-order valence-corrected chi connectivity index (χ2v) is 4.50. The van der Waals surface area contributed by atoms with Crippen molar-refractivity contribution in [2.24, 2.45) is 0 Å². The highest BCUT2D eigenvalue weighted by atomic mass is 35.5. The van der Waals surface area contributed by atoms with E-state index >= 15 is 0 Å². The van der Waals surface area contributed by atoms with Gasteiger partial charge in [0.15, 0.2) is 0 Å². The summed E-state index contributed by atoms with van der Waals surface area (Å²) in [6.07, 6.45) is 0. The van der Waals surface area contributed by atoms with E-state index in [1.54, 1.807) is 7.05 Å². The maximum absolute atomic E-state index is 11.3. The number of nitrogens with zero attached hydrogens (tertiary/aromatic N) is 1. The van der Waals surface area contributed by atoms with Crippen LogP contribution < -0.4 is 15.5 Å². The van der Waals surface area contributed by atoms with E-state index in [9.17, 15) is 4.79 Å². The first-order valence-electron chi connectivity index (χ1n) is 5.99. The van der Waals surface area contributed by atoms with Crippen LogP contribution in [-0.2, 0) is 11.3 Å². The van der Waals surface area contributed by atoms with E-state index in [0.717, 1.165) is 24.3 Å². The molecular formula is C13H20ClN3O. The molecule has 0 unspecified atom stereocenters. The molecule has 0 bridgehead atoms. The van der Waals surface area contributed by atoms with Gasteiger partial charge in [-0.3, -0.25) is 4.79 Å². The number of likely N-dealkylation sites (N-methyl/N-ethyl adjacent to an activating group) is 2. The van der Waals surface area contributed by atoms with E-state index < -0.39 is 0 Å². The molecule has 0 fully saturated rings. The Labute approximate surface area is 113 Å². The van der Waals surface area contributed by atoms with E-state index in [4.69, 9.17) is 11.6 Å². The lowest BCUT2D eigenvalue weighted by Crippen LogP contribution is -2.33. The Morgan fingerprint density at radius 1 is 1.44 bits per heavy atom. The van der Waals surface area contributed by atoms with Crippen LogP contribution in [-0.4, -0.2) is 33.1 Å². The number of carbonyl (C=O) groups excluding carboxylic acids is 1. The van der Waals surface area contributed by atoms with Crippen LogP contribution in [0.3, 0.4) is 0 Å². The lowest BCUT2D eigenvalue weighted by molar-refractivity contribution is -0.119. The van der Waals surface area contributed by atoms with Gasteiger partial charge in [-0.2, -0.15) is 0 Å². The average molecular weight is 270 g/mol. The van der Waals surface area contributed by atoms with Gasteiger partial charge >= 0.3 is 0 Å². The number of amides is 1. The molecule has 0 aromatic heterocycles. The van der Waals surface area contributed by atoms with E-state index in [-0.39, 0.29) is 5.91 Å². The third-order valence-electron chi connectivity index (χ3n) is 2.66. The molecule has 4 nitrogen and oxygen atoms in total. The zero-order chi connectivity index (χ0) is 13.5. The summed E-state index contributed by atoms with van der Waals surface area (Å²) in [6.45, 7) is 4.08. The second kappa shape index (κ2) is 7.24. The van der Waals surface area contributed by atoms with Crippen molar-refractivity contribution in [2.75, 3.05) is 32.1 Å². The Morgan fingerprint density at radius 2 is 2.17 bits per heavy atom. The predicted octanol–water partition coefficient (Wildman–Crippen LogP) is 1.63. The first kappa shape index (κ1) is 14.8. The quantitative estimate of drug-likeness (QED) is 0.825. The topological polar surface area (TPSA) is 44.4 Å². The minimum absolute atomic E-state index is 0.0368. The van der Waals surface area contributed by atoms with Crippen LogP contribution in [0.4, 0.5) is 5.69 Å². The Balaban J connectivity index is 2.75. The highest BCUT2D eigenvalue weighted by Gasteiger charge is 2.09. The molecule has 0 aliphatic rings. The maximum atomic E-state index is 11.3. The third-order valence-corrected chi connectivity index (χ3v) is 2.96. The molecule has 0 aliphatic heterocycles. The summed E-state index contributed by atoms with van der Waals surface area (Å²) in [4.78, 5) is 13.1. The molecule has 18 heavy (non-hydrogen) atoms. The van der Waals surface area contributed by atoms with Crippen molar-refractivity contribution in [1.82, 2.24) is 10.6 Å². The van der Waals surface area contributed by atoms with Crippen molar-refractivity contribution in [3.8, 4) is 0 Å². The lowest BCUT2D eigenvalue weighted by Gasteiger charge is -2.20. The van der Waals surface area contributed by atoms with Crippen LogP contribution in [0, 0.1) is 0 Å². The molecule has 1 aromatic rings. The van der Waals surface area contributed by atoms with Gasteiger partial charge in [0.25, 0.3) is 0 Å². The fourth-order valence-corrected chi connectivity index (χ4v) is 1.97. The zero-order valence-corrected chi connectivity index (χ0v) is 11.8.